The summed E-state index contributed by atoms with van der Waals surface area (Å²) in [5, 5.41) is 2.58. The topological polar surface area (TPSA) is 72.5 Å². The summed E-state index contributed by atoms with van der Waals surface area (Å²) in [6, 6.07) is 11.2. The molecule has 0 aliphatic carbocycles. The van der Waals surface area contributed by atoms with Crippen molar-refractivity contribution in [3.8, 4) is 5.75 Å². The summed E-state index contributed by atoms with van der Waals surface area (Å²) in [6.45, 7) is 1.54. The second-order valence-electron chi connectivity index (χ2n) is 5.00. The third-order valence-electron chi connectivity index (χ3n) is 3.03. The molecule has 1 atom stereocenters. The maximum Gasteiger partial charge on any atom is 0.265 e. The van der Waals surface area contributed by atoms with Gasteiger partial charge in [0.05, 0.1) is 4.90 Å². The quantitative estimate of drug-likeness (QED) is 0.910. The number of nitrogens with one attached hydrogen (secondary N) is 1. The number of carbonyl (C=O) groups is 1. The van der Waals surface area contributed by atoms with Crippen LogP contribution in [-0.4, -0.2) is 26.7 Å². The maximum absolute atomic E-state index is 12.8. The number of carbonyl (C=O) groups excluding carboxylic acids is 1. The van der Waals surface area contributed by atoms with Crippen molar-refractivity contribution in [3.05, 3.63) is 54.3 Å². The van der Waals surface area contributed by atoms with Crippen LogP contribution in [0.5, 0.6) is 5.75 Å². The van der Waals surface area contributed by atoms with Gasteiger partial charge < -0.3 is 10.1 Å². The molecule has 0 aliphatic rings. The van der Waals surface area contributed by atoms with Gasteiger partial charge in [0, 0.05) is 11.9 Å². The first-order valence-corrected chi connectivity index (χ1v) is 8.68. The van der Waals surface area contributed by atoms with E-state index in [1.54, 1.807) is 13.0 Å². The van der Waals surface area contributed by atoms with Gasteiger partial charge in [-0.3, -0.25) is 4.79 Å². The zero-order valence-corrected chi connectivity index (χ0v) is 13.4. The molecule has 0 spiro atoms. The van der Waals surface area contributed by atoms with Crippen LogP contribution in [0.3, 0.4) is 0 Å². The Morgan fingerprint density at radius 1 is 1.17 bits per heavy atom. The van der Waals surface area contributed by atoms with Crippen molar-refractivity contribution < 1.29 is 22.3 Å². The molecule has 23 heavy (non-hydrogen) atoms. The number of halogens is 1. The average Bonchev–Trinajstić information content (AvgIpc) is 2.49. The zero-order valence-electron chi connectivity index (χ0n) is 12.6. The minimum Gasteiger partial charge on any atom is -0.481 e. The number of ether oxygens (including phenoxy) is 1. The standard InChI is InChI=1S/C16H16FNO4S/c1-11(22-14-8-6-12(17)7-9-14)16(19)18-13-4-3-5-15(10-13)23(2,20)21/h3-11H,1-2H3,(H,18,19)/t11-/m0/s1. The molecule has 0 aromatic heterocycles. The van der Waals surface area contributed by atoms with Crippen LogP contribution in [-0.2, 0) is 14.6 Å². The number of sulfone groups is 1. The number of hydrogen-bond donors (Lipinski definition) is 1. The van der Waals surface area contributed by atoms with Crippen molar-refractivity contribution in [2.24, 2.45) is 0 Å². The normalized spacial score (nSPS) is 12.5. The fourth-order valence-corrected chi connectivity index (χ4v) is 2.49. The van der Waals surface area contributed by atoms with Gasteiger partial charge in [0.25, 0.3) is 5.91 Å². The van der Waals surface area contributed by atoms with Crippen molar-refractivity contribution in [2.75, 3.05) is 11.6 Å². The fourth-order valence-electron chi connectivity index (χ4n) is 1.82. The highest BCUT2D eigenvalue weighted by molar-refractivity contribution is 7.90. The minimum atomic E-state index is -3.35. The Labute approximate surface area is 134 Å². The molecule has 2 rings (SSSR count). The summed E-state index contributed by atoms with van der Waals surface area (Å²) < 4.78 is 41.2. The van der Waals surface area contributed by atoms with Gasteiger partial charge in [-0.15, -0.1) is 0 Å². The molecule has 5 nitrogen and oxygen atoms in total. The molecule has 2 aromatic carbocycles. The molecule has 7 heteroatoms. The predicted molar refractivity (Wildman–Crippen MR) is 84.7 cm³/mol. The van der Waals surface area contributed by atoms with E-state index in [0.717, 1.165) is 6.26 Å². The predicted octanol–water partition coefficient (Wildman–Crippen LogP) is 2.64. The van der Waals surface area contributed by atoms with E-state index in [1.165, 1.54) is 42.5 Å². The van der Waals surface area contributed by atoms with E-state index in [9.17, 15) is 17.6 Å². The third kappa shape index (κ3) is 4.79. The van der Waals surface area contributed by atoms with Crippen molar-refractivity contribution in [1.29, 1.82) is 0 Å². The Morgan fingerprint density at radius 2 is 1.83 bits per heavy atom. The van der Waals surface area contributed by atoms with Crippen molar-refractivity contribution >= 4 is 21.4 Å². The molecule has 0 heterocycles. The lowest BCUT2D eigenvalue weighted by atomic mass is 10.3. The van der Waals surface area contributed by atoms with E-state index >= 15 is 0 Å². The first kappa shape index (κ1) is 17.0. The van der Waals surface area contributed by atoms with Crippen LogP contribution in [0, 0.1) is 5.82 Å². The third-order valence-corrected chi connectivity index (χ3v) is 4.14. The highest BCUT2D eigenvalue weighted by Gasteiger charge is 2.16. The molecular weight excluding hydrogens is 321 g/mol. The maximum atomic E-state index is 12.8. The zero-order chi connectivity index (χ0) is 17.0. The summed E-state index contributed by atoms with van der Waals surface area (Å²) in [5.41, 5.74) is 0.354. The Hall–Kier alpha value is -2.41. The van der Waals surface area contributed by atoms with E-state index < -0.39 is 27.7 Å². The lowest BCUT2D eigenvalue weighted by molar-refractivity contribution is -0.122. The van der Waals surface area contributed by atoms with E-state index in [-0.39, 0.29) is 4.90 Å². The molecule has 122 valence electrons. The van der Waals surface area contributed by atoms with Gasteiger partial charge in [-0.25, -0.2) is 12.8 Å². The van der Waals surface area contributed by atoms with E-state index in [4.69, 9.17) is 4.74 Å². The summed E-state index contributed by atoms with van der Waals surface area (Å²) >= 11 is 0. The van der Waals surface area contributed by atoms with E-state index in [1.807, 2.05) is 0 Å². The minimum absolute atomic E-state index is 0.113. The van der Waals surface area contributed by atoms with Crippen LogP contribution in [0.2, 0.25) is 0 Å². The molecule has 0 radical (unpaired) electrons. The summed E-state index contributed by atoms with van der Waals surface area (Å²) in [5.74, 6) is -0.481. The van der Waals surface area contributed by atoms with Gasteiger partial charge in [0.2, 0.25) is 0 Å². The van der Waals surface area contributed by atoms with Crippen LogP contribution < -0.4 is 10.1 Å². The van der Waals surface area contributed by atoms with Gasteiger partial charge >= 0.3 is 0 Å². The Balaban J connectivity index is 2.05. The number of benzene rings is 2. The Bertz CT molecular complexity index is 803. The molecule has 0 saturated heterocycles. The molecule has 0 bridgehead atoms. The molecule has 0 fully saturated rings. The molecule has 0 unspecified atom stereocenters. The first-order chi connectivity index (χ1) is 10.8. The van der Waals surface area contributed by atoms with Crippen LogP contribution in [0.1, 0.15) is 6.92 Å². The smallest absolute Gasteiger partial charge is 0.265 e. The molecule has 0 saturated carbocycles. The molecule has 0 aliphatic heterocycles. The van der Waals surface area contributed by atoms with E-state index in [0.29, 0.717) is 11.4 Å². The SMILES string of the molecule is C[C@H](Oc1ccc(F)cc1)C(=O)Nc1cccc(S(C)(=O)=O)c1. The molecule has 1 amide bonds. The van der Waals surface area contributed by atoms with Crippen molar-refractivity contribution in [3.63, 3.8) is 0 Å². The number of anilines is 1. The van der Waals surface area contributed by atoms with Crippen molar-refractivity contribution in [2.45, 2.75) is 17.9 Å². The van der Waals surface area contributed by atoms with Gasteiger partial charge in [0.1, 0.15) is 11.6 Å². The van der Waals surface area contributed by atoms with Gasteiger partial charge in [0.15, 0.2) is 15.9 Å². The van der Waals surface area contributed by atoms with Crippen LogP contribution in [0.25, 0.3) is 0 Å². The van der Waals surface area contributed by atoms with Gasteiger partial charge in [-0.05, 0) is 49.4 Å². The highest BCUT2D eigenvalue weighted by Crippen LogP contribution is 2.17. The van der Waals surface area contributed by atoms with Gasteiger partial charge in [-0.1, -0.05) is 6.07 Å². The second kappa shape index (κ2) is 6.78. The average molecular weight is 337 g/mol. The van der Waals surface area contributed by atoms with Crippen LogP contribution >= 0.6 is 0 Å². The molecular formula is C16H16FNO4S. The summed E-state index contributed by atoms with van der Waals surface area (Å²) in [7, 11) is -3.35. The Kier molecular flexibility index (Phi) is 5.00. The fraction of sp³-hybridized carbons (Fsp3) is 0.188. The van der Waals surface area contributed by atoms with Crippen molar-refractivity contribution in [1.82, 2.24) is 0 Å². The molecule has 2 aromatic rings. The number of rotatable bonds is 5. The first-order valence-electron chi connectivity index (χ1n) is 6.79. The highest BCUT2D eigenvalue weighted by atomic mass is 32.2. The summed E-state index contributed by atoms with van der Waals surface area (Å²) in [6.07, 6.45) is 0.260. The van der Waals surface area contributed by atoms with Crippen LogP contribution in [0.15, 0.2) is 53.4 Å². The lowest BCUT2D eigenvalue weighted by Gasteiger charge is -2.15. The van der Waals surface area contributed by atoms with E-state index in [2.05, 4.69) is 5.32 Å². The number of hydrogen-bond acceptors (Lipinski definition) is 4. The number of amides is 1. The lowest BCUT2D eigenvalue weighted by Crippen LogP contribution is -2.30. The van der Waals surface area contributed by atoms with Crippen LogP contribution in [0.4, 0.5) is 10.1 Å². The second-order valence-corrected chi connectivity index (χ2v) is 7.02. The monoisotopic (exact) mass is 337 g/mol. The largest absolute Gasteiger partial charge is 0.481 e. The van der Waals surface area contributed by atoms with Gasteiger partial charge in [-0.2, -0.15) is 0 Å². The molecule has 1 N–H and O–H groups in total. The Morgan fingerprint density at radius 3 is 2.43 bits per heavy atom. The summed E-state index contributed by atoms with van der Waals surface area (Å²) in [4.78, 5) is 12.2.